The molecule has 0 radical (unpaired) electrons. The van der Waals surface area contributed by atoms with Gasteiger partial charge < -0.3 is 19.4 Å². The molecular formula is C19H24N4O3. The van der Waals surface area contributed by atoms with E-state index in [0.717, 1.165) is 31.0 Å². The normalized spacial score (nSPS) is 21.7. The molecule has 1 unspecified atom stereocenters. The Bertz CT molecular complexity index is 719. The summed E-state index contributed by atoms with van der Waals surface area (Å²) >= 11 is 0. The lowest BCUT2D eigenvalue weighted by molar-refractivity contribution is -0.147. The molecule has 138 valence electrons. The fraction of sp³-hybridized carbons (Fsp3) is 0.474. The second-order valence-corrected chi connectivity index (χ2v) is 6.65. The van der Waals surface area contributed by atoms with Gasteiger partial charge in [0.25, 0.3) is 5.91 Å². The fourth-order valence-corrected chi connectivity index (χ4v) is 3.36. The van der Waals surface area contributed by atoms with E-state index in [2.05, 4.69) is 15.2 Å². The Balaban J connectivity index is 1.29. The maximum absolute atomic E-state index is 12.5. The number of nitrogens with one attached hydrogen (secondary N) is 1. The number of piperazine rings is 1. The van der Waals surface area contributed by atoms with E-state index in [1.54, 1.807) is 6.20 Å². The second-order valence-electron chi connectivity index (χ2n) is 6.65. The lowest BCUT2D eigenvalue weighted by atomic mass is 10.2. The third-order valence-corrected chi connectivity index (χ3v) is 4.86. The highest BCUT2D eigenvalue weighted by Gasteiger charge is 2.29. The molecule has 2 saturated heterocycles. The summed E-state index contributed by atoms with van der Waals surface area (Å²) in [7, 11) is 0. The van der Waals surface area contributed by atoms with Gasteiger partial charge in [0.05, 0.1) is 19.3 Å². The predicted molar refractivity (Wildman–Crippen MR) is 96.4 cm³/mol. The van der Waals surface area contributed by atoms with E-state index >= 15 is 0 Å². The van der Waals surface area contributed by atoms with Crippen molar-refractivity contribution in [2.45, 2.75) is 12.6 Å². The molecule has 1 aromatic carbocycles. The summed E-state index contributed by atoms with van der Waals surface area (Å²) in [5, 5.41) is 3.21. The summed E-state index contributed by atoms with van der Waals surface area (Å²) in [6.45, 7) is 5.75. The molecule has 7 heteroatoms. The van der Waals surface area contributed by atoms with Crippen molar-refractivity contribution in [3.05, 3.63) is 42.4 Å². The molecule has 3 heterocycles. The summed E-state index contributed by atoms with van der Waals surface area (Å²) in [6.07, 6.45) is 1.44. The topological polar surface area (TPSA) is 70.8 Å². The SMILES string of the molecule is O=C(C1CNCCO1)N1CCN(Cc2ncc(-c3ccccc3)o2)CC1. The zero-order chi connectivity index (χ0) is 17.8. The van der Waals surface area contributed by atoms with Crippen LogP contribution < -0.4 is 5.32 Å². The van der Waals surface area contributed by atoms with Crippen molar-refractivity contribution in [2.24, 2.45) is 0 Å². The summed E-state index contributed by atoms with van der Waals surface area (Å²) in [6, 6.07) is 9.97. The number of carbonyl (C=O) groups excluding carboxylic acids is 1. The van der Waals surface area contributed by atoms with Gasteiger partial charge in [-0.05, 0) is 0 Å². The van der Waals surface area contributed by atoms with E-state index in [1.807, 2.05) is 35.2 Å². The minimum atomic E-state index is -0.338. The third kappa shape index (κ3) is 3.95. The van der Waals surface area contributed by atoms with Crippen molar-refractivity contribution in [2.75, 3.05) is 45.9 Å². The van der Waals surface area contributed by atoms with Crippen LogP contribution in [0.15, 0.2) is 40.9 Å². The van der Waals surface area contributed by atoms with Gasteiger partial charge in [0.15, 0.2) is 5.76 Å². The van der Waals surface area contributed by atoms with Crippen LogP contribution in [0.1, 0.15) is 5.89 Å². The van der Waals surface area contributed by atoms with Crippen LogP contribution in [-0.2, 0) is 16.1 Å². The molecule has 1 aromatic heterocycles. The number of morpholine rings is 1. The lowest BCUT2D eigenvalue weighted by Crippen LogP contribution is -2.54. The van der Waals surface area contributed by atoms with Gasteiger partial charge >= 0.3 is 0 Å². The maximum Gasteiger partial charge on any atom is 0.253 e. The third-order valence-electron chi connectivity index (χ3n) is 4.86. The highest BCUT2D eigenvalue weighted by atomic mass is 16.5. The minimum absolute atomic E-state index is 0.0966. The molecule has 2 fully saturated rings. The number of carbonyl (C=O) groups is 1. The zero-order valence-corrected chi connectivity index (χ0v) is 14.8. The van der Waals surface area contributed by atoms with Crippen LogP contribution in [0.25, 0.3) is 11.3 Å². The van der Waals surface area contributed by atoms with Crippen molar-refractivity contribution >= 4 is 5.91 Å². The molecule has 1 amide bonds. The van der Waals surface area contributed by atoms with Crippen LogP contribution >= 0.6 is 0 Å². The molecule has 0 bridgehead atoms. The molecule has 4 rings (SSSR count). The number of rotatable bonds is 4. The standard InChI is InChI=1S/C19H24N4O3/c24-19(17-12-20-6-11-25-17)23-9-7-22(8-10-23)14-18-21-13-16(26-18)15-4-2-1-3-5-15/h1-5,13,17,20H,6-12,14H2. The number of ether oxygens (including phenoxy) is 1. The average Bonchev–Trinajstić information content (AvgIpc) is 3.18. The predicted octanol–water partition coefficient (Wildman–Crippen LogP) is 0.974. The van der Waals surface area contributed by atoms with Crippen molar-refractivity contribution in [3.63, 3.8) is 0 Å². The first-order valence-corrected chi connectivity index (χ1v) is 9.13. The first kappa shape index (κ1) is 17.2. The largest absolute Gasteiger partial charge is 0.439 e. The Hall–Kier alpha value is -2.22. The van der Waals surface area contributed by atoms with E-state index in [0.29, 0.717) is 38.7 Å². The van der Waals surface area contributed by atoms with Crippen LogP contribution in [0.3, 0.4) is 0 Å². The fourth-order valence-electron chi connectivity index (χ4n) is 3.36. The Morgan fingerprint density at radius 2 is 2.00 bits per heavy atom. The average molecular weight is 356 g/mol. The molecule has 1 atom stereocenters. The molecule has 26 heavy (non-hydrogen) atoms. The monoisotopic (exact) mass is 356 g/mol. The number of hydrogen-bond donors (Lipinski definition) is 1. The summed E-state index contributed by atoms with van der Waals surface area (Å²) in [5.74, 6) is 1.60. The molecule has 7 nitrogen and oxygen atoms in total. The van der Waals surface area contributed by atoms with Gasteiger partial charge in [0, 0.05) is 44.8 Å². The van der Waals surface area contributed by atoms with Crippen LogP contribution in [0.5, 0.6) is 0 Å². The van der Waals surface area contributed by atoms with E-state index < -0.39 is 0 Å². The molecule has 0 saturated carbocycles. The molecule has 2 aliphatic rings. The smallest absolute Gasteiger partial charge is 0.253 e. The highest BCUT2D eigenvalue weighted by Crippen LogP contribution is 2.20. The van der Waals surface area contributed by atoms with Crippen molar-refractivity contribution in [1.82, 2.24) is 20.1 Å². The van der Waals surface area contributed by atoms with Crippen molar-refractivity contribution < 1.29 is 13.9 Å². The maximum atomic E-state index is 12.5. The van der Waals surface area contributed by atoms with Crippen LogP contribution in [-0.4, -0.2) is 72.7 Å². The number of aromatic nitrogens is 1. The molecule has 1 N–H and O–H groups in total. The molecular weight excluding hydrogens is 332 g/mol. The van der Waals surface area contributed by atoms with Gasteiger partial charge in [-0.15, -0.1) is 0 Å². The zero-order valence-electron chi connectivity index (χ0n) is 14.8. The number of benzene rings is 1. The van der Waals surface area contributed by atoms with E-state index in [-0.39, 0.29) is 12.0 Å². The summed E-state index contributed by atoms with van der Waals surface area (Å²) in [5.41, 5.74) is 1.03. The number of nitrogens with zero attached hydrogens (tertiary/aromatic N) is 3. The van der Waals surface area contributed by atoms with Gasteiger partial charge in [-0.1, -0.05) is 30.3 Å². The van der Waals surface area contributed by atoms with E-state index in [4.69, 9.17) is 9.15 Å². The Morgan fingerprint density at radius 3 is 2.73 bits per heavy atom. The Labute approximate surface area is 152 Å². The Morgan fingerprint density at radius 1 is 1.19 bits per heavy atom. The van der Waals surface area contributed by atoms with Crippen LogP contribution in [0.2, 0.25) is 0 Å². The quantitative estimate of drug-likeness (QED) is 0.880. The number of hydrogen-bond acceptors (Lipinski definition) is 6. The van der Waals surface area contributed by atoms with Gasteiger partial charge in [0.1, 0.15) is 6.10 Å². The Kier molecular flexibility index (Phi) is 5.29. The van der Waals surface area contributed by atoms with Crippen LogP contribution in [0.4, 0.5) is 0 Å². The van der Waals surface area contributed by atoms with Crippen molar-refractivity contribution in [3.8, 4) is 11.3 Å². The molecule has 0 spiro atoms. The molecule has 0 aliphatic carbocycles. The second kappa shape index (κ2) is 7.99. The summed E-state index contributed by atoms with van der Waals surface area (Å²) < 4.78 is 11.4. The number of oxazole rings is 1. The van der Waals surface area contributed by atoms with Gasteiger partial charge in [-0.3, -0.25) is 9.69 Å². The molecule has 2 aliphatic heterocycles. The first-order valence-electron chi connectivity index (χ1n) is 9.13. The summed E-state index contributed by atoms with van der Waals surface area (Å²) in [4.78, 5) is 21.1. The van der Waals surface area contributed by atoms with Gasteiger partial charge in [0.2, 0.25) is 5.89 Å². The number of amides is 1. The van der Waals surface area contributed by atoms with Crippen molar-refractivity contribution in [1.29, 1.82) is 0 Å². The van der Waals surface area contributed by atoms with Crippen LogP contribution in [0, 0.1) is 0 Å². The first-order chi connectivity index (χ1) is 12.8. The lowest BCUT2D eigenvalue weighted by Gasteiger charge is -2.36. The highest BCUT2D eigenvalue weighted by molar-refractivity contribution is 5.81. The van der Waals surface area contributed by atoms with Gasteiger partial charge in [-0.25, -0.2) is 4.98 Å². The van der Waals surface area contributed by atoms with E-state index in [9.17, 15) is 4.79 Å². The molecule has 2 aromatic rings. The van der Waals surface area contributed by atoms with E-state index in [1.165, 1.54) is 0 Å². The van der Waals surface area contributed by atoms with Gasteiger partial charge in [-0.2, -0.15) is 0 Å². The minimum Gasteiger partial charge on any atom is -0.439 e.